The maximum absolute atomic E-state index is 12.3. The lowest BCUT2D eigenvalue weighted by Gasteiger charge is -2.08. The van der Waals surface area contributed by atoms with Gasteiger partial charge in [0.05, 0.1) is 12.7 Å². The average Bonchev–Trinajstić information content (AvgIpc) is 2.77. The summed E-state index contributed by atoms with van der Waals surface area (Å²) in [6, 6.07) is 14.8. The van der Waals surface area contributed by atoms with E-state index in [1.807, 2.05) is 30.3 Å². The van der Waals surface area contributed by atoms with Crippen LogP contribution in [0.5, 0.6) is 11.5 Å². The third kappa shape index (κ3) is 1.64. The number of carbonyl (C=O) groups is 1. The van der Waals surface area contributed by atoms with E-state index in [0.29, 0.717) is 17.1 Å². The lowest BCUT2D eigenvalue weighted by Crippen LogP contribution is -2.10. The van der Waals surface area contributed by atoms with Crippen LogP contribution >= 0.6 is 0 Å². The predicted molar refractivity (Wildman–Crippen MR) is 67.1 cm³/mol. The van der Waals surface area contributed by atoms with Crippen LogP contribution in [-0.4, -0.2) is 12.9 Å². The van der Waals surface area contributed by atoms with E-state index >= 15 is 0 Å². The molecule has 0 bridgehead atoms. The van der Waals surface area contributed by atoms with Crippen molar-refractivity contribution in [3.63, 3.8) is 0 Å². The molecule has 0 fully saturated rings. The van der Waals surface area contributed by atoms with Crippen LogP contribution < -0.4 is 9.47 Å². The molecule has 2 aromatic rings. The van der Waals surface area contributed by atoms with Crippen LogP contribution in [0.2, 0.25) is 0 Å². The van der Waals surface area contributed by atoms with Gasteiger partial charge in [-0.3, -0.25) is 4.79 Å². The Balaban J connectivity index is 1.99. The van der Waals surface area contributed by atoms with Gasteiger partial charge in [0.25, 0.3) is 0 Å². The van der Waals surface area contributed by atoms with Gasteiger partial charge < -0.3 is 9.47 Å². The zero-order valence-electron chi connectivity index (χ0n) is 9.92. The van der Waals surface area contributed by atoms with Crippen molar-refractivity contribution in [2.45, 2.75) is 6.10 Å². The van der Waals surface area contributed by atoms with Crippen molar-refractivity contribution >= 4 is 5.78 Å². The van der Waals surface area contributed by atoms with Gasteiger partial charge in [-0.1, -0.05) is 30.3 Å². The fraction of sp³-hybridized carbons (Fsp3) is 0.133. The molecule has 1 heterocycles. The number of hydrogen-bond acceptors (Lipinski definition) is 3. The van der Waals surface area contributed by atoms with Crippen molar-refractivity contribution in [2.75, 3.05) is 7.11 Å². The van der Waals surface area contributed by atoms with Gasteiger partial charge in [0, 0.05) is 5.56 Å². The fourth-order valence-corrected chi connectivity index (χ4v) is 2.10. The zero-order chi connectivity index (χ0) is 12.5. The average molecular weight is 240 g/mol. The number of Topliss-reactive ketones (excluding diaryl/α,β-unsaturated/α-hetero) is 1. The van der Waals surface area contributed by atoms with Gasteiger partial charge in [-0.25, -0.2) is 0 Å². The summed E-state index contributed by atoms with van der Waals surface area (Å²) in [5.74, 6) is 1.27. The van der Waals surface area contributed by atoms with Crippen molar-refractivity contribution in [3.8, 4) is 11.5 Å². The SMILES string of the molecule is COc1ccc2c(c1)C(=O)C(c1ccccc1)O2. The number of rotatable bonds is 2. The van der Waals surface area contributed by atoms with Crippen molar-refractivity contribution < 1.29 is 14.3 Å². The molecule has 0 spiro atoms. The van der Waals surface area contributed by atoms with Crippen LogP contribution in [0.3, 0.4) is 0 Å². The van der Waals surface area contributed by atoms with E-state index in [9.17, 15) is 4.79 Å². The van der Waals surface area contributed by atoms with Crippen molar-refractivity contribution in [1.29, 1.82) is 0 Å². The van der Waals surface area contributed by atoms with E-state index in [4.69, 9.17) is 9.47 Å². The maximum Gasteiger partial charge on any atom is 0.211 e. The Bertz CT molecular complexity index is 590. The molecule has 1 unspecified atom stereocenters. The van der Waals surface area contributed by atoms with Gasteiger partial charge >= 0.3 is 0 Å². The number of ether oxygens (including phenoxy) is 2. The second kappa shape index (κ2) is 4.18. The molecular formula is C15H12O3. The Labute approximate surface area is 105 Å². The molecule has 3 nitrogen and oxygen atoms in total. The molecule has 1 aliphatic rings. The molecule has 3 heteroatoms. The number of carbonyl (C=O) groups excluding carboxylic acids is 1. The van der Waals surface area contributed by atoms with Gasteiger partial charge in [0.15, 0.2) is 6.10 Å². The van der Waals surface area contributed by atoms with E-state index in [-0.39, 0.29) is 5.78 Å². The third-order valence-electron chi connectivity index (χ3n) is 3.04. The van der Waals surface area contributed by atoms with Gasteiger partial charge in [-0.15, -0.1) is 0 Å². The van der Waals surface area contributed by atoms with Crippen molar-refractivity contribution in [1.82, 2.24) is 0 Å². The minimum absolute atomic E-state index is 0.0184. The smallest absolute Gasteiger partial charge is 0.211 e. The first kappa shape index (κ1) is 10.8. The second-order valence-electron chi connectivity index (χ2n) is 4.13. The molecule has 2 aromatic carbocycles. The first-order valence-corrected chi connectivity index (χ1v) is 5.73. The summed E-state index contributed by atoms with van der Waals surface area (Å²) in [6.45, 7) is 0. The van der Waals surface area contributed by atoms with Gasteiger partial charge in [0.2, 0.25) is 5.78 Å². The molecule has 18 heavy (non-hydrogen) atoms. The van der Waals surface area contributed by atoms with Crippen LogP contribution in [0.4, 0.5) is 0 Å². The van der Waals surface area contributed by atoms with Gasteiger partial charge in [-0.2, -0.15) is 0 Å². The molecule has 0 N–H and O–H groups in total. The summed E-state index contributed by atoms with van der Waals surface area (Å²) >= 11 is 0. The highest BCUT2D eigenvalue weighted by Crippen LogP contribution is 2.38. The molecule has 1 atom stereocenters. The summed E-state index contributed by atoms with van der Waals surface area (Å²) < 4.78 is 10.8. The summed E-state index contributed by atoms with van der Waals surface area (Å²) in [7, 11) is 1.58. The minimum Gasteiger partial charge on any atom is -0.497 e. The topological polar surface area (TPSA) is 35.5 Å². The molecule has 0 amide bonds. The first-order valence-electron chi connectivity index (χ1n) is 5.73. The zero-order valence-corrected chi connectivity index (χ0v) is 9.92. The van der Waals surface area contributed by atoms with E-state index in [1.165, 1.54) is 0 Å². The molecular weight excluding hydrogens is 228 g/mol. The summed E-state index contributed by atoms with van der Waals surface area (Å²) in [4.78, 5) is 12.3. The second-order valence-corrected chi connectivity index (χ2v) is 4.13. The van der Waals surface area contributed by atoms with Crippen LogP contribution in [-0.2, 0) is 0 Å². The van der Waals surface area contributed by atoms with Crippen LogP contribution in [0, 0.1) is 0 Å². The lowest BCUT2D eigenvalue weighted by atomic mass is 10.0. The third-order valence-corrected chi connectivity index (χ3v) is 3.04. The Morgan fingerprint density at radius 2 is 1.89 bits per heavy atom. The maximum atomic E-state index is 12.3. The van der Waals surface area contributed by atoms with Crippen LogP contribution in [0.1, 0.15) is 22.0 Å². The van der Waals surface area contributed by atoms with E-state index in [0.717, 1.165) is 5.56 Å². The Morgan fingerprint density at radius 3 is 2.61 bits per heavy atom. The Kier molecular flexibility index (Phi) is 2.52. The molecule has 0 radical (unpaired) electrons. The van der Waals surface area contributed by atoms with Crippen LogP contribution in [0.15, 0.2) is 48.5 Å². The normalized spacial score (nSPS) is 17.2. The standard InChI is InChI=1S/C15H12O3/c1-17-11-7-8-13-12(9-11)14(16)15(18-13)10-5-3-2-4-6-10/h2-9,15H,1H3. The monoisotopic (exact) mass is 240 g/mol. The first-order chi connectivity index (χ1) is 8.79. The number of hydrogen-bond donors (Lipinski definition) is 0. The molecule has 0 aromatic heterocycles. The van der Waals surface area contributed by atoms with Crippen molar-refractivity contribution in [2.24, 2.45) is 0 Å². The minimum atomic E-state index is -0.534. The van der Waals surface area contributed by atoms with Crippen molar-refractivity contribution in [3.05, 3.63) is 59.7 Å². The summed E-state index contributed by atoms with van der Waals surface area (Å²) in [5.41, 5.74) is 1.46. The highest BCUT2D eigenvalue weighted by Gasteiger charge is 2.33. The number of ketones is 1. The summed E-state index contributed by atoms with van der Waals surface area (Å²) in [6.07, 6.45) is -0.534. The van der Waals surface area contributed by atoms with Gasteiger partial charge in [-0.05, 0) is 18.2 Å². The largest absolute Gasteiger partial charge is 0.497 e. The molecule has 0 saturated carbocycles. The highest BCUT2D eigenvalue weighted by atomic mass is 16.5. The lowest BCUT2D eigenvalue weighted by molar-refractivity contribution is 0.0858. The number of fused-ring (bicyclic) bond motifs is 1. The number of methoxy groups -OCH3 is 1. The molecule has 90 valence electrons. The molecule has 0 aliphatic carbocycles. The van der Waals surface area contributed by atoms with E-state index in [1.54, 1.807) is 25.3 Å². The summed E-state index contributed by atoms with van der Waals surface area (Å²) in [5, 5.41) is 0. The quantitative estimate of drug-likeness (QED) is 0.809. The fourth-order valence-electron chi connectivity index (χ4n) is 2.10. The highest BCUT2D eigenvalue weighted by molar-refractivity contribution is 6.05. The predicted octanol–water partition coefficient (Wildman–Crippen LogP) is 3.01. The molecule has 3 rings (SSSR count). The number of benzene rings is 2. The van der Waals surface area contributed by atoms with E-state index in [2.05, 4.69) is 0 Å². The Hall–Kier alpha value is -2.29. The van der Waals surface area contributed by atoms with Gasteiger partial charge in [0.1, 0.15) is 11.5 Å². The van der Waals surface area contributed by atoms with Crippen LogP contribution in [0.25, 0.3) is 0 Å². The molecule has 1 aliphatic heterocycles. The van der Waals surface area contributed by atoms with E-state index < -0.39 is 6.10 Å². The Morgan fingerprint density at radius 1 is 1.11 bits per heavy atom. The molecule has 0 saturated heterocycles.